The SMILES string of the molecule is Cc1ccc(C=C2N=C(c3ccc(Cl)c([N+](=O)[O-])c3)OC2=O)cc1. The van der Waals surface area contributed by atoms with Gasteiger partial charge in [0.2, 0.25) is 5.90 Å². The molecule has 0 N–H and O–H groups in total. The van der Waals surface area contributed by atoms with Crippen LogP contribution >= 0.6 is 11.6 Å². The second-order valence-electron chi connectivity index (χ2n) is 5.17. The van der Waals surface area contributed by atoms with Crippen molar-refractivity contribution in [3.8, 4) is 0 Å². The summed E-state index contributed by atoms with van der Waals surface area (Å²) in [5.41, 5.74) is 2.07. The highest BCUT2D eigenvalue weighted by Crippen LogP contribution is 2.27. The lowest BCUT2D eigenvalue weighted by Gasteiger charge is -2.00. The first-order valence-electron chi connectivity index (χ1n) is 6.97. The molecule has 0 aromatic heterocycles. The van der Waals surface area contributed by atoms with Crippen molar-refractivity contribution in [1.29, 1.82) is 0 Å². The van der Waals surface area contributed by atoms with Crippen molar-refractivity contribution in [2.45, 2.75) is 6.92 Å². The van der Waals surface area contributed by atoms with Crippen molar-refractivity contribution in [3.05, 3.63) is 80.0 Å². The number of carbonyl (C=O) groups excluding carboxylic acids is 1. The van der Waals surface area contributed by atoms with Gasteiger partial charge >= 0.3 is 5.97 Å². The van der Waals surface area contributed by atoms with Crippen LogP contribution in [0.1, 0.15) is 16.7 Å². The minimum absolute atomic E-state index is 0.00379. The minimum Gasteiger partial charge on any atom is -0.402 e. The van der Waals surface area contributed by atoms with Crippen LogP contribution in [0.2, 0.25) is 5.02 Å². The zero-order chi connectivity index (χ0) is 17.3. The topological polar surface area (TPSA) is 81.8 Å². The predicted molar refractivity (Wildman–Crippen MR) is 89.9 cm³/mol. The van der Waals surface area contributed by atoms with E-state index in [-0.39, 0.29) is 22.3 Å². The molecule has 0 saturated carbocycles. The fraction of sp³-hybridized carbons (Fsp3) is 0.0588. The second-order valence-corrected chi connectivity index (χ2v) is 5.58. The van der Waals surface area contributed by atoms with E-state index in [9.17, 15) is 14.9 Å². The zero-order valence-corrected chi connectivity index (χ0v) is 13.3. The molecule has 1 heterocycles. The third kappa shape index (κ3) is 3.18. The summed E-state index contributed by atoms with van der Waals surface area (Å²) in [5, 5.41) is 11.0. The number of nitro groups is 1. The Morgan fingerprint density at radius 2 is 1.92 bits per heavy atom. The van der Waals surface area contributed by atoms with Crippen molar-refractivity contribution in [1.82, 2.24) is 0 Å². The number of esters is 1. The van der Waals surface area contributed by atoms with Gasteiger partial charge in [-0.05, 0) is 30.7 Å². The van der Waals surface area contributed by atoms with Gasteiger partial charge in [-0.25, -0.2) is 9.79 Å². The number of ether oxygens (including phenoxy) is 1. The molecule has 0 atom stereocenters. The number of hydrogen-bond acceptors (Lipinski definition) is 5. The van der Waals surface area contributed by atoms with Crippen LogP contribution in [0, 0.1) is 17.0 Å². The molecule has 2 aromatic rings. The molecule has 0 spiro atoms. The smallest absolute Gasteiger partial charge is 0.363 e. The molecule has 3 rings (SSSR count). The molecule has 0 amide bonds. The molecule has 6 nitrogen and oxygen atoms in total. The standard InChI is InChI=1S/C17H11ClN2O4/c1-10-2-4-11(5-3-10)8-14-17(21)24-16(19-14)12-6-7-13(18)15(9-12)20(22)23/h2-9H,1H3. The Morgan fingerprint density at radius 3 is 2.58 bits per heavy atom. The first kappa shape index (κ1) is 15.9. The molecule has 1 aliphatic heterocycles. The van der Waals surface area contributed by atoms with Crippen LogP contribution < -0.4 is 0 Å². The molecular formula is C17H11ClN2O4. The highest BCUT2D eigenvalue weighted by Gasteiger charge is 2.26. The molecule has 0 fully saturated rings. The summed E-state index contributed by atoms with van der Waals surface area (Å²) in [6, 6.07) is 11.7. The van der Waals surface area contributed by atoms with E-state index in [4.69, 9.17) is 16.3 Å². The number of aliphatic imine (C=N–C) groups is 1. The van der Waals surface area contributed by atoms with Crippen molar-refractivity contribution >= 4 is 35.2 Å². The van der Waals surface area contributed by atoms with E-state index in [1.807, 2.05) is 31.2 Å². The van der Waals surface area contributed by atoms with E-state index in [1.165, 1.54) is 18.2 Å². The van der Waals surface area contributed by atoms with Crippen molar-refractivity contribution in [3.63, 3.8) is 0 Å². The minimum atomic E-state index is -0.608. The summed E-state index contributed by atoms with van der Waals surface area (Å²) in [6.07, 6.45) is 1.60. The maximum atomic E-state index is 12.0. The van der Waals surface area contributed by atoms with E-state index in [2.05, 4.69) is 4.99 Å². The van der Waals surface area contributed by atoms with E-state index in [1.54, 1.807) is 6.08 Å². The lowest BCUT2D eigenvalue weighted by atomic mass is 10.1. The van der Waals surface area contributed by atoms with Crippen molar-refractivity contribution in [2.24, 2.45) is 4.99 Å². The fourth-order valence-electron chi connectivity index (χ4n) is 2.14. The van der Waals surface area contributed by atoms with Gasteiger partial charge in [-0.2, -0.15) is 0 Å². The first-order valence-corrected chi connectivity index (χ1v) is 7.35. The van der Waals surface area contributed by atoms with Crippen LogP contribution in [-0.4, -0.2) is 16.8 Å². The van der Waals surface area contributed by atoms with Gasteiger partial charge in [0.15, 0.2) is 5.70 Å². The van der Waals surface area contributed by atoms with Gasteiger partial charge in [0.05, 0.1) is 4.92 Å². The highest BCUT2D eigenvalue weighted by molar-refractivity contribution is 6.32. The number of nitrogens with zero attached hydrogens (tertiary/aromatic N) is 2. The number of halogens is 1. The number of rotatable bonds is 3. The van der Waals surface area contributed by atoms with Gasteiger partial charge in [0.1, 0.15) is 5.02 Å². The molecule has 0 aliphatic carbocycles. The van der Waals surface area contributed by atoms with Gasteiger partial charge in [0, 0.05) is 11.6 Å². The normalized spacial score (nSPS) is 15.3. The van der Waals surface area contributed by atoms with Crippen molar-refractivity contribution < 1.29 is 14.5 Å². The van der Waals surface area contributed by atoms with Gasteiger partial charge in [-0.15, -0.1) is 0 Å². The summed E-state index contributed by atoms with van der Waals surface area (Å²) in [4.78, 5) is 26.4. The zero-order valence-electron chi connectivity index (χ0n) is 12.5. The van der Waals surface area contributed by atoms with Crippen LogP contribution in [0.25, 0.3) is 6.08 Å². The Morgan fingerprint density at radius 1 is 1.21 bits per heavy atom. The van der Waals surface area contributed by atoms with E-state index in [0.29, 0.717) is 5.56 Å². The molecule has 0 unspecified atom stereocenters. The molecular weight excluding hydrogens is 332 g/mol. The lowest BCUT2D eigenvalue weighted by Crippen LogP contribution is -2.06. The first-order chi connectivity index (χ1) is 11.4. The van der Waals surface area contributed by atoms with E-state index in [0.717, 1.165) is 11.1 Å². The highest BCUT2D eigenvalue weighted by atomic mass is 35.5. The molecule has 0 bridgehead atoms. The summed E-state index contributed by atoms with van der Waals surface area (Å²) in [7, 11) is 0. The van der Waals surface area contributed by atoms with E-state index < -0.39 is 10.9 Å². The number of carbonyl (C=O) groups is 1. The Bertz CT molecular complexity index is 901. The van der Waals surface area contributed by atoms with Gasteiger partial charge < -0.3 is 4.74 Å². The average molecular weight is 343 g/mol. The third-order valence-corrected chi connectivity index (χ3v) is 3.71. The maximum absolute atomic E-state index is 12.0. The van der Waals surface area contributed by atoms with Crippen LogP contribution in [0.15, 0.2) is 53.2 Å². The summed E-state index contributed by atoms with van der Waals surface area (Å²) in [5.74, 6) is -0.596. The Labute approximate surface area is 142 Å². The molecule has 24 heavy (non-hydrogen) atoms. The number of cyclic esters (lactones) is 1. The molecule has 7 heteroatoms. The molecule has 0 saturated heterocycles. The number of benzene rings is 2. The Kier molecular flexibility index (Phi) is 4.14. The number of nitro benzene ring substituents is 1. The quantitative estimate of drug-likeness (QED) is 0.366. The van der Waals surface area contributed by atoms with Gasteiger partial charge in [-0.1, -0.05) is 41.4 Å². The fourth-order valence-corrected chi connectivity index (χ4v) is 2.33. The molecule has 2 aromatic carbocycles. The van der Waals surface area contributed by atoms with Crippen LogP contribution in [0.3, 0.4) is 0 Å². The summed E-state index contributed by atoms with van der Waals surface area (Å²) in [6.45, 7) is 1.96. The second kappa shape index (κ2) is 6.25. The third-order valence-electron chi connectivity index (χ3n) is 3.39. The monoisotopic (exact) mass is 342 g/mol. The maximum Gasteiger partial charge on any atom is 0.363 e. The average Bonchev–Trinajstić information content (AvgIpc) is 2.90. The van der Waals surface area contributed by atoms with Crippen LogP contribution in [-0.2, 0) is 9.53 Å². The molecule has 120 valence electrons. The van der Waals surface area contributed by atoms with Gasteiger partial charge in [0.25, 0.3) is 5.69 Å². The summed E-state index contributed by atoms with van der Waals surface area (Å²) < 4.78 is 5.11. The molecule has 1 aliphatic rings. The number of hydrogen-bond donors (Lipinski definition) is 0. The number of aryl methyl sites for hydroxylation is 1. The Hall–Kier alpha value is -2.99. The Balaban J connectivity index is 1.96. The van der Waals surface area contributed by atoms with Gasteiger partial charge in [-0.3, -0.25) is 10.1 Å². The van der Waals surface area contributed by atoms with Crippen molar-refractivity contribution in [2.75, 3.05) is 0 Å². The summed E-state index contributed by atoms with van der Waals surface area (Å²) >= 11 is 5.77. The lowest BCUT2D eigenvalue weighted by molar-refractivity contribution is -0.384. The van der Waals surface area contributed by atoms with Crippen LogP contribution in [0.4, 0.5) is 5.69 Å². The van der Waals surface area contributed by atoms with Crippen LogP contribution in [0.5, 0.6) is 0 Å². The predicted octanol–water partition coefficient (Wildman–Crippen LogP) is 3.90. The molecule has 0 radical (unpaired) electrons. The largest absolute Gasteiger partial charge is 0.402 e. The van der Waals surface area contributed by atoms with E-state index >= 15 is 0 Å².